The molecular formula is C23H26N6O5S. The van der Waals surface area contributed by atoms with Crippen LogP contribution in [0.5, 0.6) is 17.4 Å². The lowest BCUT2D eigenvalue weighted by molar-refractivity contribution is 0.327. The number of fused-ring (bicyclic) bond motifs is 1. The molecule has 4 aromatic rings. The molecule has 1 aromatic carbocycles. The minimum atomic E-state index is -3.60. The predicted molar refractivity (Wildman–Crippen MR) is 132 cm³/mol. The summed E-state index contributed by atoms with van der Waals surface area (Å²) in [6.45, 7) is 4.19. The van der Waals surface area contributed by atoms with E-state index in [9.17, 15) is 8.42 Å². The molecule has 3 aromatic heterocycles. The van der Waals surface area contributed by atoms with E-state index in [1.807, 2.05) is 19.9 Å². The van der Waals surface area contributed by atoms with Gasteiger partial charge in [-0.25, -0.2) is 28.4 Å². The smallest absolute Gasteiger partial charge is 0.231 e. The Morgan fingerprint density at radius 3 is 2.23 bits per heavy atom. The Morgan fingerprint density at radius 1 is 0.943 bits per heavy atom. The molecule has 0 atom stereocenters. The monoisotopic (exact) mass is 498 g/mol. The predicted octanol–water partition coefficient (Wildman–Crippen LogP) is 3.23. The van der Waals surface area contributed by atoms with Crippen molar-refractivity contribution in [1.82, 2.24) is 24.5 Å². The standard InChI is InChI=1S/C23H26N6O5S/c1-6-14-20(28-35(5,30)31)26-23-21(25-14)27-22(15-10-8-13-18(24-15)34-7-2)29(23)19-16(32-3)11-9-12-17(19)33-4/h8-13H,6-7H2,1-5H3,(H,26,28). The van der Waals surface area contributed by atoms with Crippen molar-refractivity contribution in [2.45, 2.75) is 20.3 Å². The topological polar surface area (TPSA) is 130 Å². The van der Waals surface area contributed by atoms with Crippen LogP contribution in [0, 0.1) is 0 Å². The average Bonchev–Trinajstić information content (AvgIpc) is 3.20. The summed E-state index contributed by atoms with van der Waals surface area (Å²) in [4.78, 5) is 18.6. The van der Waals surface area contributed by atoms with E-state index in [0.29, 0.717) is 64.6 Å². The molecule has 0 bridgehead atoms. The fourth-order valence-electron chi connectivity index (χ4n) is 3.63. The van der Waals surface area contributed by atoms with E-state index in [4.69, 9.17) is 19.2 Å². The number of para-hydroxylation sites is 1. The van der Waals surface area contributed by atoms with E-state index in [1.54, 1.807) is 49.1 Å². The van der Waals surface area contributed by atoms with E-state index in [2.05, 4.69) is 19.7 Å². The number of anilines is 1. The summed E-state index contributed by atoms with van der Waals surface area (Å²) < 4.78 is 45.1. The van der Waals surface area contributed by atoms with Gasteiger partial charge in [-0.2, -0.15) is 0 Å². The number of ether oxygens (including phenoxy) is 3. The summed E-state index contributed by atoms with van der Waals surface area (Å²) in [5, 5.41) is 0. The fraction of sp³-hybridized carbons (Fsp3) is 0.304. The molecule has 0 unspecified atom stereocenters. The van der Waals surface area contributed by atoms with E-state index < -0.39 is 10.0 Å². The Labute approximate surface area is 203 Å². The molecular weight excluding hydrogens is 472 g/mol. The first-order valence-electron chi connectivity index (χ1n) is 10.9. The molecule has 4 rings (SSSR count). The summed E-state index contributed by atoms with van der Waals surface area (Å²) in [5.74, 6) is 1.95. The first-order chi connectivity index (χ1) is 16.8. The summed E-state index contributed by atoms with van der Waals surface area (Å²) in [5.41, 5.74) is 2.09. The van der Waals surface area contributed by atoms with E-state index in [0.717, 1.165) is 6.26 Å². The number of sulfonamides is 1. The number of aryl methyl sites for hydroxylation is 1. The second-order valence-corrected chi connectivity index (χ2v) is 9.22. The van der Waals surface area contributed by atoms with Gasteiger partial charge in [0.25, 0.3) is 0 Å². The van der Waals surface area contributed by atoms with Gasteiger partial charge in [-0.05, 0) is 31.5 Å². The summed E-state index contributed by atoms with van der Waals surface area (Å²) in [6.07, 6.45) is 1.51. The van der Waals surface area contributed by atoms with Gasteiger partial charge < -0.3 is 14.2 Å². The highest BCUT2D eigenvalue weighted by molar-refractivity contribution is 7.92. The molecule has 0 aliphatic rings. The molecule has 0 aliphatic heterocycles. The van der Waals surface area contributed by atoms with Crippen molar-refractivity contribution >= 4 is 27.1 Å². The van der Waals surface area contributed by atoms with Gasteiger partial charge in [0.05, 0.1) is 32.8 Å². The SMILES string of the molecule is CCOc1cccc(-c2nc3nc(CC)c(NS(C)(=O)=O)nc3n2-c2c(OC)cccc2OC)n1. The first-order valence-corrected chi connectivity index (χ1v) is 12.8. The molecule has 0 aliphatic carbocycles. The highest BCUT2D eigenvalue weighted by atomic mass is 32.2. The molecule has 1 N–H and O–H groups in total. The van der Waals surface area contributed by atoms with Crippen LogP contribution < -0.4 is 18.9 Å². The lowest BCUT2D eigenvalue weighted by atomic mass is 10.2. The lowest BCUT2D eigenvalue weighted by Crippen LogP contribution is -2.14. The highest BCUT2D eigenvalue weighted by Gasteiger charge is 2.25. The number of rotatable bonds is 9. The number of nitrogens with one attached hydrogen (secondary N) is 1. The summed E-state index contributed by atoms with van der Waals surface area (Å²) >= 11 is 0. The molecule has 0 amide bonds. The zero-order valence-electron chi connectivity index (χ0n) is 20.1. The third-order valence-corrected chi connectivity index (χ3v) is 5.62. The maximum absolute atomic E-state index is 12.0. The Kier molecular flexibility index (Phi) is 6.74. The van der Waals surface area contributed by atoms with Crippen molar-refractivity contribution in [1.29, 1.82) is 0 Å². The van der Waals surface area contributed by atoms with Crippen LogP contribution in [0.4, 0.5) is 5.82 Å². The average molecular weight is 499 g/mol. The van der Waals surface area contributed by atoms with Crippen LogP contribution in [0.15, 0.2) is 36.4 Å². The fourth-order valence-corrected chi connectivity index (χ4v) is 4.15. The van der Waals surface area contributed by atoms with Crippen molar-refractivity contribution in [3.63, 3.8) is 0 Å². The zero-order valence-corrected chi connectivity index (χ0v) is 20.9. The molecule has 0 radical (unpaired) electrons. The molecule has 0 spiro atoms. The van der Waals surface area contributed by atoms with E-state index in [-0.39, 0.29) is 5.82 Å². The van der Waals surface area contributed by atoms with Crippen LogP contribution in [0.1, 0.15) is 19.5 Å². The highest BCUT2D eigenvalue weighted by Crippen LogP contribution is 2.38. The molecule has 11 nitrogen and oxygen atoms in total. The molecule has 184 valence electrons. The number of hydrogen-bond acceptors (Lipinski definition) is 9. The second kappa shape index (κ2) is 9.74. The minimum Gasteiger partial charge on any atom is -0.494 e. The maximum atomic E-state index is 12.0. The zero-order chi connectivity index (χ0) is 25.2. The van der Waals surface area contributed by atoms with Crippen molar-refractivity contribution in [2.75, 3.05) is 31.8 Å². The van der Waals surface area contributed by atoms with E-state index >= 15 is 0 Å². The van der Waals surface area contributed by atoms with Crippen LogP contribution in [0.25, 0.3) is 28.5 Å². The Morgan fingerprint density at radius 2 is 1.63 bits per heavy atom. The quantitative estimate of drug-likeness (QED) is 0.369. The number of aromatic nitrogens is 5. The van der Waals surface area contributed by atoms with Crippen molar-refractivity contribution < 1.29 is 22.6 Å². The van der Waals surface area contributed by atoms with Crippen LogP contribution in [-0.4, -0.2) is 60.0 Å². The number of methoxy groups -OCH3 is 2. The third kappa shape index (κ3) is 4.83. The number of imidazole rings is 1. The second-order valence-electron chi connectivity index (χ2n) is 7.47. The van der Waals surface area contributed by atoms with Crippen molar-refractivity contribution in [2.24, 2.45) is 0 Å². The Balaban J connectivity index is 2.11. The maximum Gasteiger partial charge on any atom is 0.231 e. The van der Waals surface area contributed by atoms with Gasteiger partial charge in [-0.15, -0.1) is 0 Å². The number of pyridine rings is 1. The van der Waals surface area contributed by atoms with Gasteiger partial charge in [0.1, 0.15) is 22.9 Å². The van der Waals surface area contributed by atoms with Crippen LogP contribution in [-0.2, 0) is 16.4 Å². The van der Waals surface area contributed by atoms with Gasteiger partial charge in [0, 0.05) is 6.07 Å². The normalized spacial score (nSPS) is 11.5. The number of nitrogens with zero attached hydrogens (tertiary/aromatic N) is 5. The van der Waals surface area contributed by atoms with Gasteiger partial charge >= 0.3 is 0 Å². The van der Waals surface area contributed by atoms with Crippen molar-refractivity contribution in [3.05, 3.63) is 42.1 Å². The minimum absolute atomic E-state index is 0.125. The molecule has 0 fully saturated rings. The van der Waals surface area contributed by atoms with Gasteiger partial charge in [0.2, 0.25) is 15.9 Å². The van der Waals surface area contributed by atoms with Gasteiger partial charge in [-0.1, -0.05) is 19.1 Å². The van der Waals surface area contributed by atoms with Crippen LogP contribution >= 0.6 is 0 Å². The van der Waals surface area contributed by atoms with Gasteiger partial charge in [-0.3, -0.25) is 9.29 Å². The lowest BCUT2D eigenvalue weighted by Gasteiger charge is -2.16. The largest absolute Gasteiger partial charge is 0.494 e. The molecule has 35 heavy (non-hydrogen) atoms. The first kappa shape index (κ1) is 24.2. The van der Waals surface area contributed by atoms with Gasteiger partial charge in [0.15, 0.2) is 22.9 Å². The van der Waals surface area contributed by atoms with Crippen LogP contribution in [0.2, 0.25) is 0 Å². The van der Waals surface area contributed by atoms with Crippen molar-refractivity contribution in [3.8, 4) is 34.6 Å². The Hall–Kier alpha value is -3.93. The summed E-state index contributed by atoms with van der Waals surface area (Å²) in [7, 11) is -0.511. The molecule has 3 heterocycles. The number of hydrogen-bond donors (Lipinski definition) is 1. The molecule has 0 saturated carbocycles. The summed E-state index contributed by atoms with van der Waals surface area (Å²) in [6, 6.07) is 10.7. The Bertz CT molecular complexity index is 1460. The van der Waals surface area contributed by atoms with Crippen LogP contribution in [0.3, 0.4) is 0 Å². The number of benzene rings is 1. The molecule has 0 saturated heterocycles. The molecule has 12 heteroatoms. The third-order valence-electron chi connectivity index (χ3n) is 5.05. The van der Waals surface area contributed by atoms with E-state index in [1.165, 1.54) is 0 Å².